The predicted octanol–water partition coefficient (Wildman–Crippen LogP) is 4.37. The number of amides is 5. The van der Waals surface area contributed by atoms with Crippen LogP contribution >= 0.6 is 27.5 Å². The molecule has 15 heteroatoms. The monoisotopic (exact) mass is 862 g/mol. The molecule has 302 valence electrons. The number of methoxy groups -OCH3 is 1. The number of esters is 1. The van der Waals surface area contributed by atoms with E-state index >= 15 is 0 Å². The summed E-state index contributed by atoms with van der Waals surface area (Å²) in [4.78, 5) is 85.5. The third-order valence-corrected chi connectivity index (χ3v) is 11.1. The fourth-order valence-corrected chi connectivity index (χ4v) is 7.43. The summed E-state index contributed by atoms with van der Waals surface area (Å²) in [7, 11) is 1.23. The number of fused-ring (bicyclic) bond motifs is 1. The van der Waals surface area contributed by atoms with Gasteiger partial charge in [0.2, 0.25) is 29.5 Å². The first-order valence-electron chi connectivity index (χ1n) is 18.9. The first kappa shape index (κ1) is 42.9. The molecule has 0 unspecified atom stereocenters. The largest absolute Gasteiger partial charge is 0.469 e. The zero-order valence-electron chi connectivity index (χ0n) is 31.9. The SMILES string of the molecule is COC(=O)CC[C@H](NC(=O)CCl)C(=O)N1CCCC[C@H]1C(=O)N[C@@H](Cc1c[nH]c2ccccc12)C(=O)N[C@@H](Cc1ccccc1Br)C(=O)NCc1ccc(C)cc1. The minimum absolute atomic E-state index is 0.0601. The van der Waals surface area contributed by atoms with Gasteiger partial charge in [-0.15, -0.1) is 11.6 Å². The summed E-state index contributed by atoms with van der Waals surface area (Å²) in [5.74, 6) is -3.67. The number of halogens is 2. The minimum atomic E-state index is -1.16. The number of aromatic nitrogens is 1. The molecule has 57 heavy (non-hydrogen) atoms. The van der Waals surface area contributed by atoms with Crippen molar-refractivity contribution in [2.75, 3.05) is 19.5 Å². The zero-order chi connectivity index (χ0) is 40.9. The molecule has 2 heterocycles. The van der Waals surface area contributed by atoms with E-state index in [2.05, 4.69) is 42.2 Å². The Morgan fingerprint density at radius 3 is 2.30 bits per heavy atom. The number of rotatable bonds is 17. The van der Waals surface area contributed by atoms with Gasteiger partial charge in [-0.05, 0) is 61.4 Å². The normalized spacial score (nSPS) is 15.5. The molecule has 3 aromatic carbocycles. The van der Waals surface area contributed by atoms with Gasteiger partial charge in [-0.25, -0.2) is 0 Å². The van der Waals surface area contributed by atoms with Crippen LogP contribution in [0, 0.1) is 6.92 Å². The summed E-state index contributed by atoms with van der Waals surface area (Å²) in [6.07, 6.45) is 3.36. The number of aromatic amines is 1. The molecular weight excluding hydrogens is 816 g/mol. The second-order valence-electron chi connectivity index (χ2n) is 14.1. The quantitative estimate of drug-likeness (QED) is 0.0773. The molecule has 0 bridgehead atoms. The van der Waals surface area contributed by atoms with Crippen LogP contribution in [0.25, 0.3) is 10.9 Å². The number of likely N-dealkylation sites (tertiary alicyclic amines) is 1. The Balaban J connectivity index is 1.41. The summed E-state index contributed by atoms with van der Waals surface area (Å²) in [6.45, 7) is 2.44. The Bertz CT molecular complexity index is 2060. The van der Waals surface area contributed by atoms with Crippen LogP contribution in [-0.4, -0.2) is 89.1 Å². The number of nitrogens with one attached hydrogen (secondary N) is 5. The molecule has 1 aromatic heterocycles. The van der Waals surface area contributed by atoms with Gasteiger partial charge in [0.05, 0.1) is 7.11 Å². The summed E-state index contributed by atoms with van der Waals surface area (Å²) >= 11 is 9.30. The number of nitrogens with zero attached hydrogens (tertiary/aromatic N) is 1. The van der Waals surface area contributed by atoms with Gasteiger partial charge in [-0.1, -0.05) is 82.2 Å². The molecule has 0 aliphatic carbocycles. The van der Waals surface area contributed by atoms with Crippen LogP contribution in [-0.2, 0) is 52.9 Å². The number of hydrogen-bond donors (Lipinski definition) is 5. The molecule has 1 aliphatic heterocycles. The van der Waals surface area contributed by atoms with E-state index in [9.17, 15) is 28.8 Å². The number of hydrogen-bond acceptors (Lipinski definition) is 7. The maximum absolute atomic E-state index is 14.5. The van der Waals surface area contributed by atoms with Crippen molar-refractivity contribution in [1.82, 2.24) is 31.2 Å². The second kappa shape index (κ2) is 20.8. The van der Waals surface area contributed by atoms with Crippen molar-refractivity contribution < 1.29 is 33.5 Å². The minimum Gasteiger partial charge on any atom is -0.469 e. The Morgan fingerprint density at radius 1 is 0.860 bits per heavy atom. The van der Waals surface area contributed by atoms with Crippen molar-refractivity contribution in [3.63, 3.8) is 0 Å². The third kappa shape index (κ3) is 11.9. The van der Waals surface area contributed by atoms with Gasteiger partial charge in [0.25, 0.3) is 0 Å². The highest BCUT2D eigenvalue weighted by Crippen LogP contribution is 2.23. The van der Waals surface area contributed by atoms with Gasteiger partial charge in [-0.3, -0.25) is 28.8 Å². The van der Waals surface area contributed by atoms with Crippen molar-refractivity contribution in [3.8, 4) is 0 Å². The lowest BCUT2D eigenvalue weighted by Crippen LogP contribution is -2.61. The lowest BCUT2D eigenvalue weighted by Gasteiger charge is -2.37. The third-order valence-electron chi connectivity index (χ3n) is 10.0. The van der Waals surface area contributed by atoms with Crippen LogP contribution in [0.5, 0.6) is 0 Å². The number of para-hydroxylation sites is 1. The molecule has 4 atom stereocenters. The Kier molecular flexibility index (Phi) is 15.7. The molecule has 13 nitrogen and oxygen atoms in total. The summed E-state index contributed by atoms with van der Waals surface area (Å²) in [5, 5.41) is 12.3. The zero-order valence-corrected chi connectivity index (χ0v) is 34.3. The molecule has 5 rings (SSSR count). The van der Waals surface area contributed by atoms with Crippen molar-refractivity contribution in [2.45, 2.75) is 82.6 Å². The van der Waals surface area contributed by atoms with Crippen LogP contribution in [0.3, 0.4) is 0 Å². The predicted molar refractivity (Wildman–Crippen MR) is 220 cm³/mol. The number of benzene rings is 3. The van der Waals surface area contributed by atoms with Crippen molar-refractivity contribution >= 4 is 73.9 Å². The van der Waals surface area contributed by atoms with E-state index in [4.69, 9.17) is 16.3 Å². The number of aryl methyl sites for hydroxylation is 1. The van der Waals surface area contributed by atoms with Crippen LogP contribution in [0.4, 0.5) is 0 Å². The fourth-order valence-electron chi connectivity index (χ4n) is 6.90. The van der Waals surface area contributed by atoms with E-state index in [0.29, 0.717) is 19.3 Å². The number of piperidine rings is 1. The number of H-pyrrole nitrogens is 1. The van der Waals surface area contributed by atoms with Gasteiger partial charge in [-0.2, -0.15) is 0 Å². The number of carbonyl (C=O) groups is 6. The summed E-state index contributed by atoms with van der Waals surface area (Å²) in [6, 6.07) is 18.5. The van der Waals surface area contributed by atoms with E-state index in [1.54, 1.807) is 6.20 Å². The highest BCUT2D eigenvalue weighted by molar-refractivity contribution is 9.10. The molecule has 0 saturated carbocycles. The average Bonchev–Trinajstić information content (AvgIpc) is 3.64. The van der Waals surface area contributed by atoms with Gasteiger partial charge in [0, 0.05) is 53.9 Å². The lowest BCUT2D eigenvalue weighted by molar-refractivity contribution is -0.146. The average molecular weight is 864 g/mol. The molecule has 1 aliphatic rings. The number of ether oxygens (including phenoxy) is 1. The second-order valence-corrected chi connectivity index (χ2v) is 15.2. The number of alkyl halides is 1. The van der Waals surface area contributed by atoms with Crippen molar-refractivity contribution in [1.29, 1.82) is 0 Å². The fraction of sp³-hybridized carbons (Fsp3) is 0.381. The maximum Gasteiger partial charge on any atom is 0.305 e. The molecule has 0 radical (unpaired) electrons. The lowest BCUT2D eigenvalue weighted by atomic mass is 9.97. The van der Waals surface area contributed by atoms with E-state index in [-0.39, 0.29) is 38.8 Å². The van der Waals surface area contributed by atoms with Gasteiger partial charge >= 0.3 is 5.97 Å². The first-order valence-corrected chi connectivity index (χ1v) is 20.2. The molecule has 1 saturated heterocycles. The maximum atomic E-state index is 14.5. The molecule has 5 N–H and O–H groups in total. The van der Waals surface area contributed by atoms with E-state index in [0.717, 1.165) is 37.6 Å². The van der Waals surface area contributed by atoms with Gasteiger partial charge in [0.15, 0.2) is 0 Å². The highest BCUT2D eigenvalue weighted by atomic mass is 79.9. The topological polar surface area (TPSA) is 179 Å². The first-order chi connectivity index (χ1) is 27.5. The molecular formula is C42H48BrClN6O7. The molecule has 5 amide bonds. The Morgan fingerprint density at radius 2 is 1.56 bits per heavy atom. The van der Waals surface area contributed by atoms with E-state index < -0.39 is 65.6 Å². The highest BCUT2D eigenvalue weighted by Gasteiger charge is 2.38. The van der Waals surface area contributed by atoms with Crippen LogP contribution in [0.15, 0.2) is 83.5 Å². The molecule has 0 spiro atoms. The van der Waals surface area contributed by atoms with Gasteiger partial charge < -0.3 is 35.9 Å². The van der Waals surface area contributed by atoms with Crippen LogP contribution < -0.4 is 21.3 Å². The summed E-state index contributed by atoms with van der Waals surface area (Å²) < 4.78 is 5.51. The molecule has 4 aromatic rings. The van der Waals surface area contributed by atoms with Crippen molar-refractivity contribution in [2.24, 2.45) is 0 Å². The van der Waals surface area contributed by atoms with Gasteiger partial charge in [0.1, 0.15) is 30.0 Å². The van der Waals surface area contributed by atoms with Crippen molar-refractivity contribution in [3.05, 3.63) is 106 Å². The van der Waals surface area contributed by atoms with Crippen LogP contribution in [0.1, 0.15) is 54.4 Å². The number of carbonyl (C=O) groups excluding carboxylic acids is 6. The molecule has 1 fully saturated rings. The smallest absolute Gasteiger partial charge is 0.305 e. The van der Waals surface area contributed by atoms with E-state index in [1.165, 1.54) is 12.0 Å². The van der Waals surface area contributed by atoms with E-state index in [1.807, 2.05) is 79.7 Å². The Labute approximate surface area is 345 Å². The summed E-state index contributed by atoms with van der Waals surface area (Å²) in [5.41, 5.74) is 4.39. The standard InChI is InChI=1S/C42H48BrClN6O7/c1-26-14-16-27(17-15-26)24-46-39(53)34(21-28-9-3-5-11-31(28)43)48-40(54)35(22-29-25-45-32-12-6-4-10-30(29)32)49-41(55)36-13-7-8-20-50(36)42(56)33(47-37(51)23-44)18-19-38(52)57-2/h3-6,9-12,14-17,25,33-36,45H,7-8,13,18-24H2,1-2H3,(H,46,53)(H,47,51)(H,48,54)(H,49,55)/t33-,34-,35-,36-/m0/s1. The Hall–Kier alpha value is -5.21. The van der Waals surface area contributed by atoms with Crippen LogP contribution in [0.2, 0.25) is 0 Å².